The van der Waals surface area contributed by atoms with Crippen molar-refractivity contribution in [3.63, 3.8) is 0 Å². The summed E-state index contributed by atoms with van der Waals surface area (Å²) in [5.41, 5.74) is 1.08. The van der Waals surface area contributed by atoms with Crippen molar-refractivity contribution in [3.05, 3.63) is 34.9 Å². The second kappa shape index (κ2) is 6.83. The molecule has 84 valence electrons. The predicted octanol–water partition coefficient (Wildman–Crippen LogP) is 2.67. The number of methoxy groups -OCH3 is 1. The first kappa shape index (κ1) is 12.5. The fourth-order valence-corrected chi connectivity index (χ4v) is 1.71. The highest BCUT2D eigenvalue weighted by Crippen LogP contribution is 2.13. The molecule has 1 rings (SSSR count). The van der Waals surface area contributed by atoms with E-state index in [1.54, 1.807) is 7.11 Å². The van der Waals surface area contributed by atoms with E-state index < -0.39 is 0 Å². The van der Waals surface area contributed by atoms with Crippen LogP contribution >= 0.6 is 11.6 Å². The average molecular weight is 229 g/mol. The zero-order chi connectivity index (χ0) is 11.1. The second-order valence-electron chi connectivity index (χ2n) is 3.62. The summed E-state index contributed by atoms with van der Waals surface area (Å²) in [6, 6.07) is 7.61. The predicted molar refractivity (Wildman–Crippen MR) is 62.3 cm³/mol. The van der Waals surface area contributed by atoms with Crippen molar-refractivity contribution in [2.75, 3.05) is 13.7 Å². The first-order valence-corrected chi connectivity index (χ1v) is 5.51. The summed E-state index contributed by atoms with van der Waals surface area (Å²) >= 11 is 5.85. The molecule has 0 aliphatic heterocycles. The van der Waals surface area contributed by atoms with Gasteiger partial charge in [-0.25, -0.2) is 0 Å². The van der Waals surface area contributed by atoms with Gasteiger partial charge >= 0.3 is 0 Å². The monoisotopic (exact) mass is 228 g/mol. The minimum absolute atomic E-state index is 0.307. The molecule has 0 aromatic heterocycles. The number of hydrogen-bond acceptors (Lipinski definition) is 2. The Balaban J connectivity index is 2.34. The van der Waals surface area contributed by atoms with Gasteiger partial charge in [-0.3, -0.25) is 0 Å². The largest absolute Gasteiger partial charge is 0.393 e. The number of ether oxygens (including phenoxy) is 1. The number of aliphatic hydroxyl groups is 1. The Kier molecular flexibility index (Phi) is 5.69. The van der Waals surface area contributed by atoms with Crippen LogP contribution in [0.3, 0.4) is 0 Å². The number of aliphatic hydroxyl groups excluding tert-OH is 1. The van der Waals surface area contributed by atoms with Gasteiger partial charge in [-0.05, 0) is 37.0 Å². The lowest BCUT2D eigenvalue weighted by Gasteiger charge is -2.10. The summed E-state index contributed by atoms with van der Waals surface area (Å²) in [5, 5.41) is 10.4. The van der Waals surface area contributed by atoms with Gasteiger partial charge in [0.1, 0.15) is 0 Å². The summed E-state index contributed by atoms with van der Waals surface area (Å²) in [6.07, 6.45) is 2.00. The molecule has 1 atom stereocenters. The summed E-state index contributed by atoms with van der Waals surface area (Å²) in [4.78, 5) is 0. The molecule has 0 spiro atoms. The highest BCUT2D eigenvalue weighted by molar-refractivity contribution is 6.30. The Morgan fingerprint density at radius 1 is 1.47 bits per heavy atom. The van der Waals surface area contributed by atoms with Crippen molar-refractivity contribution in [1.82, 2.24) is 0 Å². The van der Waals surface area contributed by atoms with E-state index in [-0.39, 0.29) is 6.10 Å². The van der Waals surface area contributed by atoms with Crippen LogP contribution in [0.1, 0.15) is 18.4 Å². The molecule has 0 bridgehead atoms. The van der Waals surface area contributed by atoms with Gasteiger partial charge < -0.3 is 9.84 Å². The molecule has 0 aliphatic carbocycles. The second-order valence-corrected chi connectivity index (χ2v) is 4.06. The Morgan fingerprint density at radius 2 is 2.27 bits per heavy atom. The van der Waals surface area contributed by atoms with Crippen LogP contribution in [0.15, 0.2) is 24.3 Å². The third-order valence-electron chi connectivity index (χ3n) is 2.25. The molecule has 2 nitrogen and oxygen atoms in total. The van der Waals surface area contributed by atoms with Gasteiger partial charge in [0.05, 0.1) is 6.10 Å². The van der Waals surface area contributed by atoms with Gasteiger partial charge in [0.15, 0.2) is 0 Å². The molecule has 0 heterocycles. The van der Waals surface area contributed by atoms with E-state index in [1.165, 1.54) is 0 Å². The van der Waals surface area contributed by atoms with Gasteiger partial charge in [-0.2, -0.15) is 0 Å². The smallest absolute Gasteiger partial charge is 0.0581 e. The fraction of sp³-hybridized carbons (Fsp3) is 0.500. The van der Waals surface area contributed by atoms with E-state index in [4.69, 9.17) is 16.3 Å². The van der Waals surface area contributed by atoms with E-state index in [0.717, 1.165) is 23.4 Å². The summed E-state index contributed by atoms with van der Waals surface area (Å²) in [7, 11) is 1.67. The quantitative estimate of drug-likeness (QED) is 0.759. The van der Waals surface area contributed by atoms with Crippen molar-refractivity contribution in [3.8, 4) is 0 Å². The highest BCUT2D eigenvalue weighted by atomic mass is 35.5. The van der Waals surface area contributed by atoms with E-state index >= 15 is 0 Å². The van der Waals surface area contributed by atoms with Crippen LogP contribution in [0.5, 0.6) is 0 Å². The van der Waals surface area contributed by atoms with Gasteiger partial charge in [0.25, 0.3) is 0 Å². The molecule has 1 N–H and O–H groups in total. The highest BCUT2D eigenvalue weighted by Gasteiger charge is 2.05. The number of rotatable bonds is 6. The van der Waals surface area contributed by atoms with Crippen molar-refractivity contribution in [2.45, 2.75) is 25.4 Å². The van der Waals surface area contributed by atoms with Crippen LogP contribution in [0.25, 0.3) is 0 Å². The van der Waals surface area contributed by atoms with Crippen molar-refractivity contribution < 1.29 is 9.84 Å². The van der Waals surface area contributed by atoms with Crippen LogP contribution in [0.2, 0.25) is 5.02 Å². The standard InChI is InChI=1S/C12H17ClO2/c1-15-7-3-6-12(14)9-10-4-2-5-11(13)8-10/h2,4-5,8,12,14H,3,6-7,9H2,1H3. The summed E-state index contributed by atoms with van der Waals surface area (Å²) < 4.78 is 4.93. The van der Waals surface area contributed by atoms with Gasteiger partial charge in [-0.1, -0.05) is 23.7 Å². The summed E-state index contributed by atoms with van der Waals surface area (Å²) in [6.45, 7) is 0.701. The first-order chi connectivity index (χ1) is 7.22. The lowest BCUT2D eigenvalue weighted by atomic mass is 10.0. The maximum atomic E-state index is 9.72. The van der Waals surface area contributed by atoms with Crippen LogP contribution < -0.4 is 0 Å². The Bertz CT molecular complexity index is 289. The van der Waals surface area contributed by atoms with Crippen LogP contribution in [-0.4, -0.2) is 24.9 Å². The molecule has 0 aliphatic rings. The SMILES string of the molecule is COCCCC(O)Cc1cccc(Cl)c1. The molecule has 15 heavy (non-hydrogen) atoms. The normalized spacial score (nSPS) is 12.7. The third-order valence-corrected chi connectivity index (χ3v) is 2.48. The zero-order valence-electron chi connectivity index (χ0n) is 8.95. The van der Waals surface area contributed by atoms with Crippen LogP contribution in [-0.2, 0) is 11.2 Å². The fourth-order valence-electron chi connectivity index (χ4n) is 1.50. The van der Waals surface area contributed by atoms with Crippen molar-refractivity contribution in [2.24, 2.45) is 0 Å². The lowest BCUT2D eigenvalue weighted by molar-refractivity contribution is 0.135. The van der Waals surface area contributed by atoms with Crippen molar-refractivity contribution in [1.29, 1.82) is 0 Å². The first-order valence-electron chi connectivity index (χ1n) is 5.14. The average Bonchev–Trinajstić information content (AvgIpc) is 2.18. The van der Waals surface area contributed by atoms with Gasteiger partial charge in [0.2, 0.25) is 0 Å². The van der Waals surface area contributed by atoms with Gasteiger partial charge in [-0.15, -0.1) is 0 Å². The topological polar surface area (TPSA) is 29.5 Å². The lowest BCUT2D eigenvalue weighted by Crippen LogP contribution is -2.11. The minimum atomic E-state index is -0.307. The minimum Gasteiger partial charge on any atom is -0.393 e. The van der Waals surface area contributed by atoms with E-state index in [1.807, 2.05) is 24.3 Å². The molecular formula is C12H17ClO2. The Morgan fingerprint density at radius 3 is 2.93 bits per heavy atom. The van der Waals surface area contributed by atoms with E-state index in [2.05, 4.69) is 0 Å². The molecule has 1 aromatic carbocycles. The maximum Gasteiger partial charge on any atom is 0.0581 e. The Labute approximate surface area is 95.8 Å². The number of hydrogen-bond donors (Lipinski definition) is 1. The maximum absolute atomic E-state index is 9.72. The molecular weight excluding hydrogens is 212 g/mol. The van der Waals surface area contributed by atoms with E-state index in [9.17, 15) is 5.11 Å². The molecule has 3 heteroatoms. The van der Waals surface area contributed by atoms with E-state index in [0.29, 0.717) is 13.0 Å². The molecule has 0 amide bonds. The van der Waals surface area contributed by atoms with Gasteiger partial charge in [0, 0.05) is 18.7 Å². The number of halogens is 1. The van der Waals surface area contributed by atoms with Crippen molar-refractivity contribution >= 4 is 11.6 Å². The molecule has 1 aromatic rings. The Hall–Kier alpha value is -0.570. The van der Waals surface area contributed by atoms with Crippen LogP contribution in [0, 0.1) is 0 Å². The van der Waals surface area contributed by atoms with Crippen LogP contribution in [0.4, 0.5) is 0 Å². The molecule has 0 saturated carbocycles. The third kappa shape index (κ3) is 5.17. The molecule has 1 unspecified atom stereocenters. The molecule has 0 saturated heterocycles. The number of benzene rings is 1. The molecule has 0 radical (unpaired) electrons. The molecule has 0 fully saturated rings. The summed E-state index contributed by atoms with van der Waals surface area (Å²) in [5.74, 6) is 0. The zero-order valence-corrected chi connectivity index (χ0v) is 9.70.